The van der Waals surface area contributed by atoms with E-state index in [2.05, 4.69) is 31.2 Å². The van der Waals surface area contributed by atoms with Gasteiger partial charge >= 0.3 is 0 Å². The first-order chi connectivity index (χ1) is 7.11. The number of carbonyl (C=O) groups is 1. The van der Waals surface area contributed by atoms with Gasteiger partial charge in [-0.2, -0.15) is 0 Å². The number of hydrogen-bond acceptors (Lipinski definition) is 4. The minimum absolute atomic E-state index is 0.103. The standard InChI is InChI=1S/C9H13BrN4O/c1-2-6(11)3-9(15)14-8-5-12-7(10)4-13-8/h4-6H,2-3,11H2,1H3,(H,13,14,15). The number of amides is 1. The predicted molar refractivity (Wildman–Crippen MR) is 61.2 cm³/mol. The summed E-state index contributed by atoms with van der Waals surface area (Å²) in [6.07, 6.45) is 4.09. The number of nitrogens with two attached hydrogens (primary N) is 1. The molecule has 0 aliphatic carbocycles. The van der Waals surface area contributed by atoms with Gasteiger partial charge in [0.25, 0.3) is 0 Å². The maximum absolute atomic E-state index is 11.4. The summed E-state index contributed by atoms with van der Waals surface area (Å²) in [6, 6.07) is -0.103. The van der Waals surface area contributed by atoms with E-state index in [1.54, 1.807) is 0 Å². The molecule has 1 heterocycles. The Morgan fingerprint density at radius 2 is 2.33 bits per heavy atom. The van der Waals surface area contributed by atoms with Crippen LogP contribution in [0.25, 0.3) is 0 Å². The zero-order chi connectivity index (χ0) is 11.3. The topological polar surface area (TPSA) is 80.9 Å². The number of rotatable bonds is 4. The van der Waals surface area contributed by atoms with Crippen molar-refractivity contribution in [1.29, 1.82) is 0 Å². The summed E-state index contributed by atoms with van der Waals surface area (Å²) in [4.78, 5) is 19.3. The second-order valence-electron chi connectivity index (χ2n) is 3.14. The molecule has 0 radical (unpaired) electrons. The van der Waals surface area contributed by atoms with E-state index in [1.807, 2.05) is 6.92 Å². The Morgan fingerprint density at radius 1 is 1.60 bits per heavy atom. The van der Waals surface area contributed by atoms with Crippen LogP contribution in [-0.2, 0) is 4.79 Å². The van der Waals surface area contributed by atoms with Gasteiger partial charge in [-0.3, -0.25) is 4.79 Å². The van der Waals surface area contributed by atoms with Crippen LogP contribution in [0.15, 0.2) is 17.0 Å². The molecule has 1 rings (SSSR count). The molecular weight excluding hydrogens is 260 g/mol. The Labute approximate surface area is 96.6 Å². The highest BCUT2D eigenvalue weighted by Crippen LogP contribution is 2.06. The lowest BCUT2D eigenvalue weighted by molar-refractivity contribution is -0.116. The molecule has 1 aromatic heterocycles. The average Bonchev–Trinajstić information content (AvgIpc) is 2.21. The number of nitrogens with zero attached hydrogens (tertiary/aromatic N) is 2. The van der Waals surface area contributed by atoms with Gasteiger partial charge in [-0.1, -0.05) is 6.92 Å². The highest BCUT2D eigenvalue weighted by atomic mass is 79.9. The van der Waals surface area contributed by atoms with Crippen molar-refractivity contribution < 1.29 is 4.79 Å². The van der Waals surface area contributed by atoms with Crippen LogP contribution in [0.2, 0.25) is 0 Å². The lowest BCUT2D eigenvalue weighted by atomic mass is 10.1. The van der Waals surface area contributed by atoms with Gasteiger partial charge in [0.2, 0.25) is 5.91 Å². The molecule has 1 atom stereocenters. The first kappa shape index (κ1) is 12.1. The quantitative estimate of drug-likeness (QED) is 0.866. The average molecular weight is 273 g/mol. The fraction of sp³-hybridized carbons (Fsp3) is 0.444. The molecule has 0 aliphatic heterocycles. The fourth-order valence-corrected chi connectivity index (χ4v) is 1.16. The molecule has 0 saturated heterocycles. The van der Waals surface area contributed by atoms with Crippen LogP contribution >= 0.6 is 15.9 Å². The van der Waals surface area contributed by atoms with Gasteiger partial charge in [0.05, 0.1) is 12.4 Å². The van der Waals surface area contributed by atoms with Crippen molar-refractivity contribution in [2.45, 2.75) is 25.8 Å². The van der Waals surface area contributed by atoms with Crippen LogP contribution < -0.4 is 11.1 Å². The van der Waals surface area contributed by atoms with Crippen LogP contribution in [0.4, 0.5) is 5.82 Å². The molecule has 82 valence electrons. The smallest absolute Gasteiger partial charge is 0.227 e. The largest absolute Gasteiger partial charge is 0.327 e. The highest BCUT2D eigenvalue weighted by molar-refractivity contribution is 9.10. The summed E-state index contributed by atoms with van der Waals surface area (Å²) in [5.74, 6) is 0.299. The number of nitrogens with one attached hydrogen (secondary N) is 1. The number of hydrogen-bond donors (Lipinski definition) is 2. The fourth-order valence-electron chi connectivity index (χ4n) is 0.953. The summed E-state index contributed by atoms with van der Waals surface area (Å²) < 4.78 is 0.630. The van der Waals surface area contributed by atoms with Crippen molar-refractivity contribution in [3.8, 4) is 0 Å². The Morgan fingerprint density at radius 3 is 2.87 bits per heavy atom. The first-order valence-electron chi connectivity index (χ1n) is 4.64. The van der Waals surface area contributed by atoms with Crippen LogP contribution in [0.5, 0.6) is 0 Å². The van der Waals surface area contributed by atoms with E-state index in [4.69, 9.17) is 5.73 Å². The monoisotopic (exact) mass is 272 g/mol. The summed E-state index contributed by atoms with van der Waals surface area (Å²) in [5, 5.41) is 2.62. The van der Waals surface area contributed by atoms with E-state index < -0.39 is 0 Å². The summed E-state index contributed by atoms with van der Waals surface area (Å²) in [6.45, 7) is 1.94. The lowest BCUT2D eigenvalue weighted by Crippen LogP contribution is -2.26. The second kappa shape index (κ2) is 5.77. The van der Waals surface area contributed by atoms with Gasteiger partial charge in [-0.25, -0.2) is 9.97 Å². The Kier molecular flexibility index (Phi) is 4.64. The molecule has 0 bridgehead atoms. The SMILES string of the molecule is CCC(N)CC(=O)Nc1cnc(Br)cn1. The maximum atomic E-state index is 11.4. The number of halogens is 1. The Hall–Kier alpha value is -1.01. The van der Waals surface area contributed by atoms with E-state index in [9.17, 15) is 4.79 Å². The van der Waals surface area contributed by atoms with E-state index >= 15 is 0 Å². The van der Waals surface area contributed by atoms with Gasteiger partial charge in [0.15, 0.2) is 5.82 Å². The molecule has 0 fully saturated rings. The van der Waals surface area contributed by atoms with Crippen molar-refractivity contribution in [2.75, 3.05) is 5.32 Å². The molecule has 15 heavy (non-hydrogen) atoms. The van der Waals surface area contributed by atoms with Gasteiger partial charge in [-0.05, 0) is 22.4 Å². The second-order valence-corrected chi connectivity index (χ2v) is 3.96. The predicted octanol–water partition coefficient (Wildman–Crippen LogP) is 1.30. The minimum Gasteiger partial charge on any atom is -0.327 e. The van der Waals surface area contributed by atoms with Crippen molar-refractivity contribution >= 4 is 27.7 Å². The third kappa shape index (κ3) is 4.35. The molecule has 5 nitrogen and oxygen atoms in total. The van der Waals surface area contributed by atoms with Gasteiger partial charge in [-0.15, -0.1) is 0 Å². The molecule has 6 heteroatoms. The maximum Gasteiger partial charge on any atom is 0.227 e. The molecule has 0 spiro atoms. The molecular formula is C9H13BrN4O. The van der Waals surface area contributed by atoms with Gasteiger partial charge < -0.3 is 11.1 Å². The summed E-state index contributed by atoms with van der Waals surface area (Å²) in [5.41, 5.74) is 5.65. The van der Waals surface area contributed by atoms with E-state index in [1.165, 1.54) is 12.4 Å². The third-order valence-electron chi connectivity index (χ3n) is 1.86. The summed E-state index contributed by atoms with van der Waals surface area (Å²) >= 11 is 3.16. The molecule has 1 amide bonds. The van der Waals surface area contributed by atoms with Crippen molar-refractivity contribution in [3.63, 3.8) is 0 Å². The van der Waals surface area contributed by atoms with Crippen LogP contribution in [-0.4, -0.2) is 21.9 Å². The number of aromatic nitrogens is 2. The van der Waals surface area contributed by atoms with Gasteiger partial charge in [0.1, 0.15) is 4.60 Å². The Bertz CT molecular complexity index is 327. The molecule has 0 aromatic carbocycles. The molecule has 3 N–H and O–H groups in total. The zero-order valence-electron chi connectivity index (χ0n) is 8.40. The Balaban J connectivity index is 2.48. The van der Waals surface area contributed by atoms with Gasteiger partial charge in [0, 0.05) is 12.5 Å². The van der Waals surface area contributed by atoms with Crippen LogP contribution in [0, 0.1) is 0 Å². The molecule has 0 aliphatic rings. The number of carbonyl (C=O) groups excluding carboxylic acids is 1. The molecule has 1 unspecified atom stereocenters. The first-order valence-corrected chi connectivity index (χ1v) is 5.44. The minimum atomic E-state index is -0.138. The highest BCUT2D eigenvalue weighted by Gasteiger charge is 2.08. The van der Waals surface area contributed by atoms with Crippen LogP contribution in [0.3, 0.4) is 0 Å². The lowest BCUT2D eigenvalue weighted by Gasteiger charge is -2.08. The molecule has 1 aromatic rings. The van der Waals surface area contributed by atoms with E-state index in [-0.39, 0.29) is 11.9 Å². The summed E-state index contributed by atoms with van der Waals surface area (Å²) in [7, 11) is 0. The normalized spacial score (nSPS) is 12.2. The van der Waals surface area contributed by atoms with Crippen LogP contribution in [0.1, 0.15) is 19.8 Å². The third-order valence-corrected chi connectivity index (χ3v) is 2.27. The van der Waals surface area contributed by atoms with Crippen molar-refractivity contribution in [3.05, 3.63) is 17.0 Å². The van der Waals surface area contributed by atoms with Crippen molar-refractivity contribution in [2.24, 2.45) is 5.73 Å². The van der Waals surface area contributed by atoms with Crippen molar-refractivity contribution in [1.82, 2.24) is 9.97 Å². The zero-order valence-corrected chi connectivity index (χ0v) is 9.99. The van der Waals surface area contributed by atoms with E-state index in [0.29, 0.717) is 16.8 Å². The molecule has 0 saturated carbocycles. The van der Waals surface area contributed by atoms with E-state index in [0.717, 1.165) is 6.42 Å². The number of anilines is 1.